The SMILES string of the molecule is CN(CCCCN)CCc1cc[nH]c1. The second-order valence-corrected chi connectivity index (χ2v) is 3.77. The van der Waals surface area contributed by atoms with E-state index in [9.17, 15) is 0 Å². The van der Waals surface area contributed by atoms with Crippen LogP contribution in [0.25, 0.3) is 0 Å². The van der Waals surface area contributed by atoms with Gasteiger partial charge in [-0.2, -0.15) is 0 Å². The smallest absolute Gasteiger partial charge is 0.00378 e. The van der Waals surface area contributed by atoms with E-state index in [1.165, 1.54) is 12.0 Å². The highest BCUT2D eigenvalue weighted by Gasteiger charge is 1.98. The lowest BCUT2D eigenvalue weighted by atomic mass is 10.2. The number of unbranched alkanes of at least 4 members (excludes halogenated alkanes) is 1. The number of rotatable bonds is 7. The molecule has 1 rings (SSSR count). The molecule has 3 N–H and O–H groups in total. The van der Waals surface area contributed by atoms with Gasteiger partial charge in [-0.25, -0.2) is 0 Å². The molecule has 1 aromatic heterocycles. The van der Waals surface area contributed by atoms with Gasteiger partial charge in [-0.05, 0) is 51.0 Å². The minimum absolute atomic E-state index is 0.811. The van der Waals surface area contributed by atoms with Crippen molar-refractivity contribution >= 4 is 0 Å². The lowest BCUT2D eigenvalue weighted by molar-refractivity contribution is 0.331. The molecular formula is C11H21N3. The molecule has 0 amide bonds. The van der Waals surface area contributed by atoms with E-state index in [1.807, 2.05) is 6.20 Å². The third kappa shape index (κ3) is 4.44. The molecule has 0 saturated heterocycles. The van der Waals surface area contributed by atoms with Crippen molar-refractivity contribution in [2.45, 2.75) is 19.3 Å². The molecule has 0 aliphatic rings. The molecule has 1 heterocycles. The van der Waals surface area contributed by atoms with E-state index >= 15 is 0 Å². The minimum atomic E-state index is 0.811. The number of aromatic amines is 1. The van der Waals surface area contributed by atoms with Crippen molar-refractivity contribution in [3.8, 4) is 0 Å². The Bertz CT molecular complexity index is 218. The van der Waals surface area contributed by atoms with Gasteiger partial charge >= 0.3 is 0 Å². The standard InChI is InChI=1S/C11H21N3/c1-14(8-3-2-6-12)9-5-11-4-7-13-10-11/h4,7,10,13H,2-3,5-6,8-9,12H2,1H3. The zero-order valence-corrected chi connectivity index (χ0v) is 9.00. The highest BCUT2D eigenvalue weighted by molar-refractivity contribution is 5.08. The third-order valence-corrected chi connectivity index (χ3v) is 2.44. The van der Waals surface area contributed by atoms with Crippen molar-refractivity contribution in [3.63, 3.8) is 0 Å². The Morgan fingerprint density at radius 1 is 1.36 bits per heavy atom. The average molecular weight is 195 g/mol. The average Bonchev–Trinajstić information content (AvgIpc) is 2.68. The number of H-pyrrole nitrogens is 1. The molecule has 0 unspecified atom stereocenters. The predicted molar refractivity (Wildman–Crippen MR) is 60.3 cm³/mol. The van der Waals surface area contributed by atoms with Gasteiger partial charge in [0.25, 0.3) is 0 Å². The van der Waals surface area contributed by atoms with E-state index < -0.39 is 0 Å². The highest BCUT2D eigenvalue weighted by Crippen LogP contribution is 1.99. The molecule has 1 aromatic rings. The Morgan fingerprint density at radius 2 is 2.21 bits per heavy atom. The van der Waals surface area contributed by atoms with Crippen molar-refractivity contribution < 1.29 is 0 Å². The van der Waals surface area contributed by atoms with Crippen LogP contribution in [0.4, 0.5) is 0 Å². The Morgan fingerprint density at radius 3 is 2.86 bits per heavy atom. The van der Waals surface area contributed by atoms with Crippen molar-refractivity contribution in [2.75, 3.05) is 26.7 Å². The zero-order valence-electron chi connectivity index (χ0n) is 9.00. The fourth-order valence-electron chi connectivity index (χ4n) is 1.47. The number of nitrogens with one attached hydrogen (secondary N) is 1. The summed E-state index contributed by atoms with van der Waals surface area (Å²) < 4.78 is 0. The van der Waals surface area contributed by atoms with Gasteiger partial charge in [0.2, 0.25) is 0 Å². The molecule has 3 heteroatoms. The number of hydrogen-bond donors (Lipinski definition) is 2. The first-order valence-corrected chi connectivity index (χ1v) is 5.33. The normalized spacial score (nSPS) is 11.1. The molecular weight excluding hydrogens is 174 g/mol. The molecule has 0 aromatic carbocycles. The van der Waals surface area contributed by atoms with Crippen molar-refractivity contribution in [1.29, 1.82) is 0 Å². The fourth-order valence-corrected chi connectivity index (χ4v) is 1.47. The molecule has 14 heavy (non-hydrogen) atoms. The fraction of sp³-hybridized carbons (Fsp3) is 0.636. The highest BCUT2D eigenvalue weighted by atomic mass is 15.1. The van der Waals surface area contributed by atoms with Crippen molar-refractivity contribution in [3.05, 3.63) is 24.0 Å². The maximum absolute atomic E-state index is 5.44. The Labute approximate surface area is 86.3 Å². The van der Waals surface area contributed by atoms with E-state index in [0.29, 0.717) is 0 Å². The molecule has 0 bridgehead atoms. The first-order chi connectivity index (χ1) is 6.83. The summed E-state index contributed by atoms with van der Waals surface area (Å²) in [5.74, 6) is 0. The minimum Gasteiger partial charge on any atom is -0.367 e. The van der Waals surface area contributed by atoms with Gasteiger partial charge < -0.3 is 15.6 Å². The lowest BCUT2D eigenvalue weighted by Crippen LogP contribution is -2.22. The van der Waals surface area contributed by atoms with Gasteiger partial charge in [-0.15, -0.1) is 0 Å². The maximum Gasteiger partial charge on any atom is 0.00378 e. The molecule has 0 fully saturated rings. The summed E-state index contributed by atoms with van der Waals surface area (Å²) in [7, 11) is 2.17. The number of nitrogens with zero attached hydrogens (tertiary/aromatic N) is 1. The van der Waals surface area contributed by atoms with Gasteiger partial charge in [-0.1, -0.05) is 0 Å². The van der Waals surface area contributed by atoms with Crippen LogP contribution >= 0.6 is 0 Å². The first-order valence-electron chi connectivity index (χ1n) is 5.33. The Kier molecular flexibility index (Phi) is 5.33. The van der Waals surface area contributed by atoms with E-state index in [4.69, 9.17) is 5.73 Å². The second kappa shape index (κ2) is 6.62. The van der Waals surface area contributed by atoms with Crippen LogP contribution in [0.5, 0.6) is 0 Å². The zero-order chi connectivity index (χ0) is 10.2. The first kappa shape index (κ1) is 11.3. The topological polar surface area (TPSA) is 45.0 Å². The van der Waals surface area contributed by atoms with Crippen LogP contribution < -0.4 is 5.73 Å². The van der Waals surface area contributed by atoms with Gasteiger partial charge in [-0.3, -0.25) is 0 Å². The third-order valence-electron chi connectivity index (χ3n) is 2.44. The van der Waals surface area contributed by atoms with Crippen LogP contribution in [0.2, 0.25) is 0 Å². The van der Waals surface area contributed by atoms with E-state index in [0.717, 1.165) is 32.5 Å². The second-order valence-electron chi connectivity index (χ2n) is 3.77. The number of nitrogens with two attached hydrogens (primary N) is 1. The van der Waals surface area contributed by atoms with E-state index in [1.54, 1.807) is 0 Å². The number of hydrogen-bond acceptors (Lipinski definition) is 2. The van der Waals surface area contributed by atoms with Crippen LogP contribution in [-0.4, -0.2) is 36.6 Å². The quantitative estimate of drug-likeness (QED) is 0.643. The summed E-state index contributed by atoms with van der Waals surface area (Å²) in [6.45, 7) is 3.09. The van der Waals surface area contributed by atoms with Crippen LogP contribution in [-0.2, 0) is 6.42 Å². The van der Waals surface area contributed by atoms with E-state index in [2.05, 4.69) is 29.2 Å². The summed E-state index contributed by atoms with van der Waals surface area (Å²) >= 11 is 0. The summed E-state index contributed by atoms with van der Waals surface area (Å²) in [6, 6.07) is 2.13. The summed E-state index contributed by atoms with van der Waals surface area (Å²) in [6.07, 6.45) is 7.51. The lowest BCUT2D eigenvalue weighted by Gasteiger charge is -2.15. The maximum atomic E-state index is 5.44. The largest absolute Gasteiger partial charge is 0.367 e. The molecule has 0 spiro atoms. The van der Waals surface area contributed by atoms with Crippen LogP contribution in [0.3, 0.4) is 0 Å². The van der Waals surface area contributed by atoms with Gasteiger partial charge in [0.15, 0.2) is 0 Å². The van der Waals surface area contributed by atoms with Crippen LogP contribution in [0.1, 0.15) is 18.4 Å². The summed E-state index contributed by atoms with van der Waals surface area (Å²) in [5, 5.41) is 0. The molecule has 0 saturated carbocycles. The molecule has 0 atom stereocenters. The van der Waals surface area contributed by atoms with E-state index in [-0.39, 0.29) is 0 Å². The van der Waals surface area contributed by atoms with Crippen LogP contribution in [0.15, 0.2) is 18.5 Å². The predicted octanol–water partition coefficient (Wildman–Crippen LogP) is 1.23. The molecule has 0 aliphatic heterocycles. The molecule has 0 aliphatic carbocycles. The summed E-state index contributed by atoms with van der Waals surface area (Å²) in [5.41, 5.74) is 6.83. The molecule has 0 radical (unpaired) electrons. The van der Waals surface area contributed by atoms with Crippen molar-refractivity contribution in [1.82, 2.24) is 9.88 Å². The number of likely N-dealkylation sites (N-methyl/N-ethyl adjacent to an activating group) is 1. The Balaban J connectivity index is 2.06. The molecule has 3 nitrogen and oxygen atoms in total. The summed E-state index contributed by atoms with van der Waals surface area (Å²) in [4.78, 5) is 5.43. The number of aromatic nitrogens is 1. The Hall–Kier alpha value is -0.800. The van der Waals surface area contributed by atoms with Gasteiger partial charge in [0.05, 0.1) is 0 Å². The van der Waals surface area contributed by atoms with Gasteiger partial charge in [0.1, 0.15) is 0 Å². The van der Waals surface area contributed by atoms with Crippen LogP contribution in [0, 0.1) is 0 Å². The van der Waals surface area contributed by atoms with Gasteiger partial charge in [0, 0.05) is 18.9 Å². The molecule has 80 valence electrons. The monoisotopic (exact) mass is 195 g/mol. The van der Waals surface area contributed by atoms with Crippen molar-refractivity contribution in [2.24, 2.45) is 5.73 Å².